The third kappa shape index (κ3) is 4.60. The first-order chi connectivity index (χ1) is 14.1. The van der Waals surface area contributed by atoms with E-state index >= 15 is 0 Å². The predicted octanol–water partition coefficient (Wildman–Crippen LogP) is 4.61. The van der Waals surface area contributed by atoms with E-state index in [0.717, 1.165) is 26.7 Å². The molecule has 29 heavy (non-hydrogen) atoms. The van der Waals surface area contributed by atoms with Crippen LogP contribution in [0.5, 0.6) is 5.75 Å². The summed E-state index contributed by atoms with van der Waals surface area (Å²) >= 11 is 1.54. The fourth-order valence-electron chi connectivity index (χ4n) is 3.15. The van der Waals surface area contributed by atoms with E-state index in [1.807, 2.05) is 60.7 Å². The maximum absolute atomic E-state index is 12.0. The number of ether oxygens (including phenoxy) is 1. The molecule has 1 unspecified atom stereocenters. The highest BCUT2D eigenvalue weighted by atomic mass is 32.2. The highest BCUT2D eigenvalue weighted by Crippen LogP contribution is 2.35. The third-order valence-electron chi connectivity index (χ3n) is 4.54. The van der Waals surface area contributed by atoms with E-state index in [9.17, 15) is 9.59 Å². The minimum Gasteiger partial charge on any atom is -0.489 e. The van der Waals surface area contributed by atoms with Crippen LogP contribution in [0.2, 0.25) is 0 Å². The highest BCUT2D eigenvalue weighted by Gasteiger charge is 2.32. The number of imide groups is 1. The molecule has 1 fully saturated rings. The van der Waals surface area contributed by atoms with E-state index in [2.05, 4.69) is 29.7 Å². The van der Waals surface area contributed by atoms with Gasteiger partial charge in [0.1, 0.15) is 18.4 Å². The van der Waals surface area contributed by atoms with Gasteiger partial charge in [-0.25, -0.2) is 4.79 Å². The molecule has 3 aromatic carbocycles. The van der Waals surface area contributed by atoms with Crippen LogP contribution in [0.25, 0.3) is 0 Å². The van der Waals surface area contributed by atoms with E-state index in [0.29, 0.717) is 6.61 Å². The van der Waals surface area contributed by atoms with Crippen molar-refractivity contribution in [2.24, 2.45) is 0 Å². The first-order valence-electron chi connectivity index (χ1n) is 9.25. The number of urea groups is 1. The number of carbonyl (C=O) groups excluding carboxylic acids is 2. The number of hydrogen-bond donors (Lipinski definition) is 2. The van der Waals surface area contributed by atoms with Crippen LogP contribution in [0.15, 0.2) is 82.6 Å². The molecule has 0 radical (unpaired) electrons. The molecule has 1 aliphatic rings. The molecule has 0 spiro atoms. The Morgan fingerprint density at radius 3 is 2.48 bits per heavy atom. The SMILES string of the molecule is Cc1cccc(COc2ccc(Sc3ccccc3C3NC(=O)NC3=O)cc2)c1. The molecule has 2 N–H and O–H groups in total. The normalized spacial score (nSPS) is 15.7. The molecule has 0 aliphatic carbocycles. The Morgan fingerprint density at radius 1 is 0.966 bits per heavy atom. The maximum Gasteiger partial charge on any atom is 0.322 e. The molecule has 3 amide bonds. The highest BCUT2D eigenvalue weighted by molar-refractivity contribution is 7.99. The Hall–Kier alpha value is -3.25. The second-order valence-corrected chi connectivity index (χ2v) is 7.90. The number of nitrogens with one attached hydrogen (secondary N) is 2. The molecule has 1 atom stereocenters. The Kier molecular flexibility index (Phi) is 5.53. The Bertz CT molecular complexity index is 1050. The third-order valence-corrected chi connectivity index (χ3v) is 5.64. The van der Waals surface area contributed by atoms with Gasteiger partial charge in [0.2, 0.25) is 0 Å². The number of rotatable bonds is 6. The van der Waals surface area contributed by atoms with Gasteiger partial charge in [0, 0.05) is 9.79 Å². The van der Waals surface area contributed by atoms with Crippen molar-refractivity contribution < 1.29 is 14.3 Å². The zero-order valence-electron chi connectivity index (χ0n) is 15.8. The van der Waals surface area contributed by atoms with Gasteiger partial charge < -0.3 is 10.1 Å². The minimum atomic E-state index is -0.664. The van der Waals surface area contributed by atoms with Crippen molar-refractivity contribution in [3.05, 3.63) is 89.5 Å². The molecule has 1 heterocycles. The molecular formula is C23H20N2O3S. The summed E-state index contributed by atoms with van der Waals surface area (Å²) < 4.78 is 5.87. The van der Waals surface area contributed by atoms with Gasteiger partial charge in [-0.2, -0.15) is 0 Å². The first kappa shape index (κ1) is 19.1. The lowest BCUT2D eigenvalue weighted by atomic mass is 10.1. The molecule has 3 aromatic rings. The fraction of sp³-hybridized carbons (Fsp3) is 0.130. The molecule has 0 bridgehead atoms. The van der Waals surface area contributed by atoms with E-state index < -0.39 is 12.1 Å². The van der Waals surface area contributed by atoms with Crippen molar-refractivity contribution in [2.75, 3.05) is 0 Å². The topological polar surface area (TPSA) is 67.4 Å². The quantitative estimate of drug-likeness (QED) is 0.589. The number of amides is 3. The summed E-state index contributed by atoms with van der Waals surface area (Å²) in [5.41, 5.74) is 3.12. The summed E-state index contributed by atoms with van der Waals surface area (Å²) in [6.07, 6.45) is 0. The summed E-state index contributed by atoms with van der Waals surface area (Å²) in [4.78, 5) is 25.4. The summed E-state index contributed by atoms with van der Waals surface area (Å²) in [5.74, 6) is 0.467. The molecular weight excluding hydrogens is 384 g/mol. The lowest BCUT2D eigenvalue weighted by Gasteiger charge is -2.13. The van der Waals surface area contributed by atoms with Gasteiger partial charge in [0.05, 0.1) is 0 Å². The van der Waals surface area contributed by atoms with Crippen LogP contribution in [0, 0.1) is 6.92 Å². The number of benzene rings is 3. The van der Waals surface area contributed by atoms with Crippen LogP contribution >= 0.6 is 11.8 Å². The van der Waals surface area contributed by atoms with E-state index in [-0.39, 0.29) is 5.91 Å². The molecule has 5 nitrogen and oxygen atoms in total. The van der Waals surface area contributed by atoms with Crippen molar-refractivity contribution >= 4 is 23.7 Å². The second kappa shape index (κ2) is 8.41. The Morgan fingerprint density at radius 2 is 1.76 bits per heavy atom. The van der Waals surface area contributed by atoms with Gasteiger partial charge in [-0.1, -0.05) is 59.8 Å². The van der Waals surface area contributed by atoms with Crippen molar-refractivity contribution in [3.63, 3.8) is 0 Å². The molecule has 6 heteroatoms. The molecule has 1 aliphatic heterocycles. The van der Waals surface area contributed by atoms with Crippen LogP contribution in [-0.2, 0) is 11.4 Å². The Balaban J connectivity index is 1.44. The molecule has 4 rings (SSSR count). The molecule has 1 saturated heterocycles. The van der Waals surface area contributed by atoms with Crippen LogP contribution in [-0.4, -0.2) is 11.9 Å². The fourth-order valence-corrected chi connectivity index (χ4v) is 4.12. The zero-order valence-corrected chi connectivity index (χ0v) is 16.7. The summed E-state index contributed by atoms with van der Waals surface area (Å²) in [7, 11) is 0. The average Bonchev–Trinajstić information content (AvgIpc) is 3.06. The van der Waals surface area contributed by atoms with Gasteiger partial charge in [-0.15, -0.1) is 0 Å². The van der Waals surface area contributed by atoms with Crippen LogP contribution in [0.4, 0.5) is 4.79 Å². The Labute approximate surface area is 173 Å². The maximum atomic E-state index is 12.0. The van der Waals surface area contributed by atoms with E-state index in [4.69, 9.17) is 4.74 Å². The van der Waals surface area contributed by atoms with Gasteiger partial charge in [-0.05, 0) is 48.4 Å². The second-order valence-electron chi connectivity index (χ2n) is 6.78. The minimum absolute atomic E-state index is 0.331. The molecule has 0 saturated carbocycles. The van der Waals surface area contributed by atoms with E-state index in [1.165, 1.54) is 5.56 Å². The first-order valence-corrected chi connectivity index (χ1v) is 10.1. The van der Waals surface area contributed by atoms with Crippen LogP contribution < -0.4 is 15.4 Å². The largest absolute Gasteiger partial charge is 0.489 e. The predicted molar refractivity (Wildman–Crippen MR) is 112 cm³/mol. The van der Waals surface area contributed by atoms with E-state index in [1.54, 1.807) is 11.8 Å². The van der Waals surface area contributed by atoms with Crippen molar-refractivity contribution in [1.29, 1.82) is 0 Å². The van der Waals surface area contributed by atoms with Gasteiger partial charge in [0.25, 0.3) is 5.91 Å². The summed E-state index contributed by atoms with van der Waals surface area (Å²) in [6, 6.07) is 22.5. The van der Waals surface area contributed by atoms with Gasteiger partial charge in [0.15, 0.2) is 0 Å². The molecule has 146 valence electrons. The van der Waals surface area contributed by atoms with Crippen molar-refractivity contribution in [2.45, 2.75) is 29.4 Å². The number of carbonyl (C=O) groups is 2. The summed E-state index contributed by atoms with van der Waals surface area (Å²) in [6.45, 7) is 2.58. The van der Waals surface area contributed by atoms with Crippen LogP contribution in [0.3, 0.4) is 0 Å². The van der Waals surface area contributed by atoms with Gasteiger partial charge >= 0.3 is 6.03 Å². The van der Waals surface area contributed by atoms with Crippen molar-refractivity contribution in [1.82, 2.24) is 10.6 Å². The number of aryl methyl sites for hydroxylation is 1. The lowest BCUT2D eigenvalue weighted by Crippen LogP contribution is -2.22. The number of hydrogen-bond acceptors (Lipinski definition) is 4. The lowest BCUT2D eigenvalue weighted by molar-refractivity contribution is -0.120. The monoisotopic (exact) mass is 404 g/mol. The van der Waals surface area contributed by atoms with Gasteiger partial charge in [-0.3, -0.25) is 10.1 Å². The average molecular weight is 404 g/mol. The van der Waals surface area contributed by atoms with Crippen molar-refractivity contribution in [3.8, 4) is 5.75 Å². The smallest absolute Gasteiger partial charge is 0.322 e. The summed E-state index contributed by atoms with van der Waals surface area (Å²) in [5, 5.41) is 4.94. The standard InChI is InChI=1S/C23H20N2O3S/c1-15-5-4-6-16(13-15)14-28-17-9-11-18(12-10-17)29-20-8-3-2-7-19(20)21-22(26)25-23(27)24-21/h2-13,21H,14H2,1H3,(H2,24,25,26,27). The molecule has 0 aromatic heterocycles. The van der Waals surface area contributed by atoms with Crippen LogP contribution in [0.1, 0.15) is 22.7 Å². The zero-order chi connectivity index (χ0) is 20.2.